The van der Waals surface area contributed by atoms with Gasteiger partial charge in [-0.05, 0) is 37.3 Å². The number of hydrogen-bond donors (Lipinski definition) is 3. The summed E-state index contributed by atoms with van der Waals surface area (Å²) in [4.78, 5) is 15.2. The lowest BCUT2D eigenvalue weighted by Crippen LogP contribution is -2.29. The maximum Gasteiger partial charge on any atom is 0.356 e. The highest BCUT2D eigenvalue weighted by atomic mass is 32.1. The monoisotopic (exact) mass is 333 g/mol. The molecule has 0 spiro atoms. The van der Waals surface area contributed by atoms with Gasteiger partial charge in [0.05, 0.1) is 19.4 Å². The van der Waals surface area contributed by atoms with Gasteiger partial charge in [0.25, 0.3) is 0 Å². The molecule has 0 saturated carbocycles. The number of aromatic amines is 1. The molecular formula is C16H19N3O3S. The van der Waals surface area contributed by atoms with E-state index >= 15 is 0 Å². The zero-order valence-corrected chi connectivity index (χ0v) is 13.9. The number of thiocarbonyl (C=S) groups is 1. The predicted octanol–water partition coefficient (Wildman–Crippen LogP) is 2.83. The lowest BCUT2D eigenvalue weighted by molar-refractivity contribution is 0.0522. The topological polar surface area (TPSA) is 75.4 Å². The maximum atomic E-state index is 12.2. The molecule has 1 aromatic heterocycles. The van der Waals surface area contributed by atoms with Gasteiger partial charge in [-0.2, -0.15) is 0 Å². The second-order valence-corrected chi connectivity index (χ2v) is 5.04. The number of ether oxygens (including phenoxy) is 2. The smallest absolute Gasteiger partial charge is 0.356 e. The Hall–Kier alpha value is -2.54. The molecule has 0 aliphatic rings. The molecule has 122 valence electrons. The van der Waals surface area contributed by atoms with Crippen molar-refractivity contribution in [2.24, 2.45) is 0 Å². The third kappa shape index (κ3) is 3.81. The van der Waals surface area contributed by atoms with Gasteiger partial charge >= 0.3 is 5.97 Å². The third-order valence-electron chi connectivity index (χ3n) is 3.13. The molecule has 3 N–H and O–H groups in total. The standard InChI is InChI=1S/C16H19N3O3S/c1-4-8-17-16(23)19-13-11-9-10(21-3)6-7-12(11)18-14(13)15(20)22-5-2/h4,6-7,9,18H,1,5,8H2,2-3H3,(H2,17,19,23). The Bertz CT molecular complexity index is 739. The van der Waals surface area contributed by atoms with Gasteiger partial charge in [0.15, 0.2) is 5.11 Å². The first-order valence-corrected chi connectivity index (χ1v) is 7.54. The number of carbonyl (C=O) groups is 1. The molecule has 2 rings (SSSR count). The molecule has 0 saturated heterocycles. The molecule has 23 heavy (non-hydrogen) atoms. The fourth-order valence-electron chi connectivity index (χ4n) is 2.11. The van der Waals surface area contributed by atoms with Gasteiger partial charge in [0.1, 0.15) is 11.4 Å². The second kappa shape index (κ2) is 7.64. The van der Waals surface area contributed by atoms with Crippen molar-refractivity contribution in [3.05, 3.63) is 36.5 Å². The van der Waals surface area contributed by atoms with Crippen molar-refractivity contribution in [1.82, 2.24) is 10.3 Å². The molecule has 6 nitrogen and oxygen atoms in total. The van der Waals surface area contributed by atoms with Gasteiger partial charge in [-0.3, -0.25) is 0 Å². The van der Waals surface area contributed by atoms with Crippen molar-refractivity contribution < 1.29 is 14.3 Å². The van der Waals surface area contributed by atoms with Crippen LogP contribution in [0.4, 0.5) is 5.69 Å². The lowest BCUT2D eigenvalue weighted by Gasteiger charge is -2.10. The van der Waals surface area contributed by atoms with Crippen LogP contribution in [0.25, 0.3) is 10.9 Å². The van der Waals surface area contributed by atoms with Crippen LogP contribution in [0.3, 0.4) is 0 Å². The van der Waals surface area contributed by atoms with E-state index in [1.807, 2.05) is 18.2 Å². The predicted molar refractivity (Wildman–Crippen MR) is 95.2 cm³/mol. The third-order valence-corrected chi connectivity index (χ3v) is 3.38. The van der Waals surface area contributed by atoms with Crippen LogP contribution in [0.5, 0.6) is 5.75 Å². The summed E-state index contributed by atoms with van der Waals surface area (Å²) in [5, 5.41) is 7.19. The summed E-state index contributed by atoms with van der Waals surface area (Å²) in [5.74, 6) is 0.233. The van der Waals surface area contributed by atoms with Crippen molar-refractivity contribution in [2.75, 3.05) is 25.6 Å². The molecule has 1 heterocycles. The molecular weight excluding hydrogens is 314 g/mol. The Morgan fingerprint density at radius 3 is 2.91 bits per heavy atom. The minimum Gasteiger partial charge on any atom is -0.497 e. The average molecular weight is 333 g/mol. The van der Waals surface area contributed by atoms with Crippen molar-refractivity contribution in [2.45, 2.75) is 6.92 Å². The number of benzene rings is 1. The Morgan fingerprint density at radius 2 is 2.26 bits per heavy atom. The van der Waals surface area contributed by atoms with Crippen LogP contribution in [0.15, 0.2) is 30.9 Å². The average Bonchev–Trinajstić information content (AvgIpc) is 2.91. The minimum absolute atomic E-state index is 0.288. The zero-order valence-electron chi connectivity index (χ0n) is 13.1. The molecule has 0 aliphatic heterocycles. The van der Waals surface area contributed by atoms with Crippen molar-refractivity contribution in [3.63, 3.8) is 0 Å². The first kappa shape index (κ1) is 16.8. The highest BCUT2D eigenvalue weighted by Gasteiger charge is 2.20. The Balaban J connectivity index is 2.46. The number of methoxy groups -OCH3 is 1. The molecule has 0 unspecified atom stereocenters. The summed E-state index contributed by atoms with van der Waals surface area (Å²) in [6.07, 6.45) is 1.69. The van der Waals surface area contributed by atoms with E-state index in [0.29, 0.717) is 28.8 Å². The molecule has 0 radical (unpaired) electrons. The largest absolute Gasteiger partial charge is 0.497 e. The normalized spacial score (nSPS) is 10.2. The quantitative estimate of drug-likeness (QED) is 0.429. The molecule has 2 aromatic rings. The number of hydrogen-bond acceptors (Lipinski definition) is 4. The molecule has 7 heteroatoms. The zero-order chi connectivity index (χ0) is 16.8. The van der Waals surface area contributed by atoms with E-state index in [4.69, 9.17) is 21.7 Å². The SMILES string of the molecule is C=CCNC(=S)Nc1c(C(=O)OCC)[nH]c2ccc(OC)cc12. The summed E-state index contributed by atoms with van der Waals surface area (Å²) in [6, 6.07) is 5.47. The van der Waals surface area contributed by atoms with E-state index in [0.717, 1.165) is 10.9 Å². The van der Waals surface area contributed by atoms with Crippen LogP contribution >= 0.6 is 12.2 Å². The van der Waals surface area contributed by atoms with Crippen molar-refractivity contribution in [3.8, 4) is 5.75 Å². The summed E-state index contributed by atoms with van der Waals surface area (Å²) in [7, 11) is 1.59. The number of anilines is 1. The van der Waals surface area contributed by atoms with Gasteiger partial charge < -0.3 is 25.1 Å². The highest BCUT2D eigenvalue weighted by Crippen LogP contribution is 2.31. The molecule has 0 fully saturated rings. The Morgan fingerprint density at radius 1 is 1.48 bits per heavy atom. The summed E-state index contributed by atoms with van der Waals surface area (Å²) < 4.78 is 10.3. The van der Waals surface area contributed by atoms with E-state index in [9.17, 15) is 4.79 Å². The maximum absolute atomic E-state index is 12.2. The summed E-state index contributed by atoms with van der Waals surface area (Å²) in [5.41, 5.74) is 1.65. The molecule has 0 amide bonds. The van der Waals surface area contributed by atoms with Crippen LogP contribution in [0, 0.1) is 0 Å². The number of carbonyl (C=O) groups excluding carboxylic acids is 1. The summed E-state index contributed by atoms with van der Waals surface area (Å²) in [6.45, 7) is 6.19. The number of fused-ring (bicyclic) bond motifs is 1. The van der Waals surface area contributed by atoms with Crippen LogP contribution < -0.4 is 15.4 Å². The molecule has 0 aliphatic carbocycles. The van der Waals surface area contributed by atoms with Crippen LogP contribution in [0.2, 0.25) is 0 Å². The number of nitrogens with one attached hydrogen (secondary N) is 3. The lowest BCUT2D eigenvalue weighted by atomic mass is 10.2. The summed E-state index contributed by atoms with van der Waals surface area (Å²) >= 11 is 5.24. The van der Waals surface area contributed by atoms with Gasteiger partial charge in [-0.25, -0.2) is 4.79 Å². The Kier molecular flexibility index (Phi) is 5.59. The number of aromatic nitrogens is 1. The van der Waals surface area contributed by atoms with E-state index in [1.165, 1.54) is 0 Å². The number of rotatable bonds is 6. The van der Waals surface area contributed by atoms with E-state index < -0.39 is 5.97 Å². The first-order valence-electron chi connectivity index (χ1n) is 7.13. The second-order valence-electron chi connectivity index (χ2n) is 4.63. The van der Waals surface area contributed by atoms with Crippen LogP contribution in [-0.4, -0.2) is 36.3 Å². The van der Waals surface area contributed by atoms with E-state index in [-0.39, 0.29) is 6.61 Å². The highest BCUT2D eigenvalue weighted by molar-refractivity contribution is 7.80. The van der Waals surface area contributed by atoms with Crippen molar-refractivity contribution in [1.29, 1.82) is 0 Å². The fraction of sp³-hybridized carbons (Fsp3) is 0.250. The van der Waals surface area contributed by atoms with E-state index in [1.54, 1.807) is 20.1 Å². The van der Waals surface area contributed by atoms with Crippen LogP contribution in [-0.2, 0) is 4.74 Å². The van der Waals surface area contributed by atoms with Gasteiger partial charge in [-0.1, -0.05) is 6.08 Å². The molecule has 0 bridgehead atoms. The first-order chi connectivity index (χ1) is 11.1. The Labute approximate surface area is 139 Å². The van der Waals surface area contributed by atoms with Gasteiger partial charge in [0.2, 0.25) is 0 Å². The van der Waals surface area contributed by atoms with E-state index in [2.05, 4.69) is 22.2 Å². The molecule has 1 aromatic carbocycles. The van der Waals surface area contributed by atoms with Crippen LogP contribution in [0.1, 0.15) is 17.4 Å². The number of esters is 1. The molecule has 0 atom stereocenters. The van der Waals surface area contributed by atoms with Gasteiger partial charge in [0, 0.05) is 17.4 Å². The van der Waals surface area contributed by atoms with Crippen molar-refractivity contribution >= 4 is 39.9 Å². The minimum atomic E-state index is -0.448. The van der Waals surface area contributed by atoms with Gasteiger partial charge in [-0.15, -0.1) is 6.58 Å². The fourth-order valence-corrected chi connectivity index (χ4v) is 2.29. The number of H-pyrrole nitrogens is 1.